The number of aromatic nitrogens is 2. The van der Waals surface area contributed by atoms with E-state index in [4.69, 9.17) is 57.5 Å². The lowest BCUT2D eigenvalue weighted by Gasteiger charge is -2.43. The summed E-state index contributed by atoms with van der Waals surface area (Å²) in [5, 5.41) is -2.18. The van der Waals surface area contributed by atoms with Gasteiger partial charge in [0.1, 0.15) is 34.8 Å². The number of hydrogen-bond acceptors (Lipinski definition) is 8. The van der Waals surface area contributed by atoms with Crippen LogP contribution in [0.15, 0.2) is 29.5 Å². The fraction of sp³-hybridized carbons (Fsp3) is 0.294. The van der Waals surface area contributed by atoms with Crippen LogP contribution in [0.2, 0.25) is 0 Å². The number of hydrogen-bond donors (Lipinski definition) is 2. The third-order valence-electron chi connectivity index (χ3n) is 4.67. The second-order valence-electron chi connectivity index (χ2n) is 8.12. The molecule has 10 nitrogen and oxygen atoms in total. The Hall–Kier alpha value is -2.96. The average Bonchev–Trinajstić information content (AvgIpc) is 2.67. The lowest BCUT2D eigenvalue weighted by Crippen LogP contribution is -2.63. The van der Waals surface area contributed by atoms with Crippen molar-refractivity contribution in [1.29, 1.82) is 0 Å². The summed E-state index contributed by atoms with van der Waals surface area (Å²) in [6.07, 6.45) is 1.97. The molecule has 12 radical (unpaired) electrons. The highest BCUT2D eigenvalue weighted by atomic mass is 32.2. The zero-order valence-electron chi connectivity index (χ0n) is 18.6. The molecule has 1 atom stereocenters. The SMILES string of the molecule is [B]C([B])([B])Oc1cnc(C(=O)Nc2cc(F)c(F)c([C@]3(C)CS(=O)(=O)N(C([B])([B])[B])C(N)=N3)c2)cn1. The lowest BCUT2D eigenvalue weighted by atomic mass is 9.49. The van der Waals surface area contributed by atoms with E-state index in [2.05, 4.69) is 20.3 Å². The van der Waals surface area contributed by atoms with Gasteiger partial charge in [0.2, 0.25) is 21.9 Å². The monoisotopic (exact) mass is 500 g/mol. The molecule has 1 amide bonds. The summed E-state index contributed by atoms with van der Waals surface area (Å²) in [7, 11) is 27.8. The smallest absolute Gasteiger partial charge is 0.275 e. The van der Waals surface area contributed by atoms with Crippen LogP contribution in [0.4, 0.5) is 14.5 Å². The number of guanidine groups is 1. The van der Waals surface area contributed by atoms with E-state index < -0.39 is 60.9 Å². The highest BCUT2D eigenvalue weighted by molar-refractivity contribution is 7.90. The quantitative estimate of drug-likeness (QED) is 0.430. The Morgan fingerprint density at radius 1 is 1.17 bits per heavy atom. The highest BCUT2D eigenvalue weighted by Gasteiger charge is 2.46. The van der Waals surface area contributed by atoms with Crippen LogP contribution in [0.25, 0.3) is 0 Å². The summed E-state index contributed by atoms with van der Waals surface area (Å²) in [4.78, 5) is 24.1. The van der Waals surface area contributed by atoms with Crippen molar-refractivity contribution in [2.24, 2.45) is 10.7 Å². The molecule has 19 heteroatoms. The Bertz CT molecular complexity index is 1340. The molecule has 1 aliphatic rings. The van der Waals surface area contributed by atoms with Crippen molar-refractivity contribution in [3.8, 4) is 5.88 Å². The minimum atomic E-state index is -4.44. The fourth-order valence-electron chi connectivity index (χ4n) is 3.39. The van der Waals surface area contributed by atoms with E-state index in [1.165, 1.54) is 6.92 Å². The Morgan fingerprint density at radius 3 is 2.31 bits per heavy atom. The zero-order chi connectivity index (χ0) is 27.3. The van der Waals surface area contributed by atoms with Gasteiger partial charge in [-0.05, 0) is 18.3 Å². The predicted molar refractivity (Wildman–Crippen MR) is 132 cm³/mol. The van der Waals surface area contributed by atoms with Crippen LogP contribution in [0.3, 0.4) is 0 Å². The molecule has 172 valence electrons. The first kappa shape index (κ1) is 27.6. The molecule has 0 aliphatic carbocycles. The van der Waals surface area contributed by atoms with Gasteiger partial charge < -0.3 is 15.8 Å². The van der Waals surface area contributed by atoms with Gasteiger partial charge in [0, 0.05) is 17.3 Å². The largest absolute Gasteiger partial charge is 0.500 e. The molecule has 1 aromatic heterocycles. The van der Waals surface area contributed by atoms with Gasteiger partial charge in [-0.25, -0.2) is 32.2 Å². The number of nitrogens with two attached hydrogens (primary N) is 1. The number of carbonyl (C=O) groups is 1. The van der Waals surface area contributed by atoms with E-state index in [0.29, 0.717) is 6.07 Å². The van der Waals surface area contributed by atoms with Crippen LogP contribution < -0.4 is 15.8 Å². The number of aliphatic imine (C=N–C) groups is 1. The fourth-order valence-corrected chi connectivity index (χ4v) is 5.25. The van der Waals surface area contributed by atoms with Gasteiger partial charge in [0.05, 0.1) is 41.7 Å². The van der Waals surface area contributed by atoms with E-state index in [1.807, 2.05) is 0 Å². The number of anilines is 1. The van der Waals surface area contributed by atoms with Crippen molar-refractivity contribution in [3.63, 3.8) is 0 Å². The summed E-state index contributed by atoms with van der Waals surface area (Å²) in [5.41, 5.74) is 2.69. The Morgan fingerprint density at radius 2 is 1.81 bits per heavy atom. The molecule has 0 fully saturated rings. The Kier molecular flexibility index (Phi) is 7.03. The minimum absolute atomic E-state index is 0.193. The molecule has 2 heterocycles. The van der Waals surface area contributed by atoms with Crippen LogP contribution >= 0.6 is 0 Å². The summed E-state index contributed by atoms with van der Waals surface area (Å²) in [6, 6.07) is 1.65. The molecule has 0 spiro atoms. The highest BCUT2D eigenvalue weighted by Crippen LogP contribution is 2.37. The average molecular weight is 499 g/mol. The molecule has 0 unspecified atom stereocenters. The van der Waals surface area contributed by atoms with Crippen LogP contribution in [0, 0.1) is 11.6 Å². The molecule has 0 saturated carbocycles. The molecular weight excluding hydrogens is 487 g/mol. The van der Waals surface area contributed by atoms with Crippen LogP contribution in [0.5, 0.6) is 5.88 Å². The standard InChI is InChI=1S/C17H12B6F2N6O4S/c1-15(6-36(33,34)31(14(26)30-15)16(18,19)20)8-2-7(3-9(24)12(8)25)29-13(32)10-4-28-11(5-27-10)35-17(21,22)23/h2-5H,6H2,1H3,(H2,26,30)(H,29,32)/t15-/m0/s1. The van der Waals surface area contributed by atoms with Gasteiger partial charge in [0.15, 0.2) is 11.6 Å². The Balaban J connectivity index is 1.95. The molecule has 1 aliphatic heterocycles. The first-order chi connectivity index (χ1) is 16.3. The predicted octanol–water partition coefficient (Wildman–Crippen LogP) is -2.21. The van der Waals surface area contributed by atoms with E-state index >= 15 is 0 Å². The third kappa shape index (κ3) is 5.88. The molecule has 3 N–H and O–H groups in total. The number of nitrogens with zero attached hydrogens (tertiary/aromatic N) is 4. The van der Waals surface area contributed by atoms with Crippen molar-refractivity contribution < 1.29 is 26.7 Å². The van der Waals surface area contributed by atoms with Gasteiger partial charge in [-0.3, -0.25) is 9.10 Å². The summed E-state index contributed by atoms with van der Waals surface area (Å²) >= 11 is 0. The number of sulfonamides is 1. The van der Waals surface area contributed by atoms with Crippen molar-refractivity contribution in [1.82, 2.24) is 14.3 Å². The van der Waals surface area contributed by atoms with E-state index in [0.717, 1.165) is 18.5 Å². The molecular formula is C17H12B6F2N6O4S. The number of amides is 1. The second-order valence-corrected chi connectivity index (χ2v) is 9.94. The van der Waals surface area contributed by atoms with Gasteiger partial charge in [-0.2, -0.15) is 0 Å². The maximum absolute atomic E-state index is 14.8. The van der Waals surface area contributed by atoms with E-state index in [9.17, 15) is 22.0 Å². The number of benzene rings is 1. The van der Waals surface area contributed by atoms with Gasteiger partial charge in [0.25, 0.3) is 5.91 Å². The Labute approximate surface area is 213 Å². The lowest BCUT2D eigenvalue weighted by molar-refractivity contribution is 0.102. The molecule has 0 bridgehead atoms. The molecule has 36 heavy (non-hydrogen) atoms. The summed E-state index contributed by atoms with van der Waals surface area (Å²) in [6.45, 7) is 1.18. The van der Waals surface area contributed by atoms with Gasteiger partial charge >= 0.3 is 0 Å². The zero-order valence-corrected chi connectivity index (χ0v) is 19.5. The third-order valence-corrected chi connectivity index (χ3v) is 6.66. The van der Waals surface area contributed by atoms with Crippen molar-refractivity contribution >= 4 is 74.7 Å². The maximum atomic E-state index is 14.8. The number of ether oxygens (including phenoxy) is 1. The van der Waals surface area contributed by atoms with Crippen molar-refractivity contribution in [3.05, 3.63) is 47.4 Å². The second kappa shape index (κ2) is 9.16. The summed E-state index contributed by atoms with van der Waals surface area (Å²) in [5.74, 6) is -5.60. The molecule has 0 saturated heterocycles. The molecule has 2 aromatic rings. The first-order valence-corrected chi connectivity index (χ1v) is 11.4. The first-order valence-electron chi connectivity index (χ1n) is 9.76. The normalized spacial score (nSPS) is 19.9. The van der Waals surface area contributed by atoms with Crippen molar-refractivity contribution in [2.45, 2.75) is 23.0 Å². The van der Waals surface area contributed by atoms with Crippen LogP contribution in [-0.4, -0.2) is 97.9 Å². The summed E-state index contributed by atoms with van der Waals surface area (Å²) < 4.78 is 60.0. The van der Waals surface area contributed by atoms with Gasteiger partial charge in [-0.15, -0.1) is 0 Å². The number of carbonyl (C=O) groups excluding carboxylic acids is 1. The van der Waals surface area contributed by atoms with Crippen LogP contribution in [0.1, 0.15) is 23.0 Å². The van der Waals surface area contributed by atoms with Crippen LogP contribution in [-0.2, 0) is 15.6 Å². The van der Waals surface area contributed by atoms with Crippen molar-refractivity contribution in [2.75, 3.05) is 11.1 Å². The van der Waals surface area contributed by atoms with E-state index in [-0.39, 0.29) is 21.6 Å². The topological polar surface area (TPSA) is 140 Å². The number of rotatable bonds is 6. The minimum Gasteiger partial charge on any atom is -0.500 e. The van der Waals surface area contributed by atoms with Gasteiger partial charge in [-0.1, -0.05) is 5.24 Å². The van der Waals surface area contributed by atoms with E-state index in [1.54, 1.807) is 0 Å². The molecule has 1 aromatic carbocycles. The maximum Gasteiger partial charge on any atom is 0.275 e. The number of nitrogens with one attached hydrogen (secondary N) is 1. The number of halogens is 2. The molecule has 3 rings (SSSR count).